The summed E-state index contributed by atoms with van der Waals surface area (Å²) in [5.41, 5.74) is 2.45. The Kier molecular flexibility index (Phi) is 3.33. The first-order valence-electron chi connectivity index (χ1n) is 6.32. The van der Waals surface area contributed by atoms with E-state index in [1.54, 1.807) is 0 Å². The number of fused-ring (bicyclic) bond motifs is 1. The maximum atomic E-state index is 5.42. The number of hydrogen-bond donors (Lipinski definition) is 1. The molecule has 19 heavy (non-hydrogen) atoms. The summed E-state index contributed by atoms with van der Waals surface area (Å²) in [6, 6.07) is 10.4. The predicted molar refractivity (Wildman–Crippen MR) is 72.3 cm³/mol. The number of rotatable bonds is 4. The van der Waals surface area contributed by atoms with Crippen LogP contribution in [0.4, 0.5) is 0 Å². The molecular formula is C15H16N2O2. The average Bonchev–Trinajstić information content (AvgIpc) is 2.93. The lowest BCUT2D eigenvalue weighted by Gasteiger charge is -2.17. The van der Waals surface area contributed by atoms with Crippen molar-refractivity contribution in [2.45, 2.75) is 12.5 Å². The summed E-state index contributed by atoms with van der Waals surface area (Å²) >= 11 is 0. The molecule has 0 aliphatic carbocycles. The Balaban J connectivity index is 1.82. The van der Waals surface area contributed by atoms with Gasteiger partial charge in [0.05, 0.1) is 0 Å². The highest BCUT2D eigenvalue weighted by Crippen LogP contribution is 2.34. The van der Waals surface area contributed by atoms with Crippen LogP contribution in [-0.4, -0.2) is 18.8 Å². The standard InChI is InChI=1S/C15H16N2O2/c1-16-13(8-11-4-6-17-7-5-11)12-2-3-14-15(9-12)19-10-18-14/h2-7,9,13,16H,8,10H2,1H3. The SMILES string of the molecule is CNC(Cc1ccncc1)c1ccc2c(c1)OCO2. The monoisotopic (exact) mass is 256 g/mol. The average molecular weight is 256 g/mol. The van der Waals surface area contributed by atoms with Crippen molar-refractivity contribution in [1.82, 2.24) is 10.3 Å². The maximum absolute atomic E-state index is 5.42. The second-order valence-electron chi connectivity index (χ2n) is 4.51. The Morgan fingerprint density at radius 2 is 1.95 bits per heavy atom. The normalized spacial score (nSPS) is 14.4. The molecule has 1 aromatic carbocycles. The van der Waals surface area contributed by atoms with Gasteiger partial charge in [-0.3, -0.25) is 4.98 Å². The maximum Gasteiger partial charge on any atom is 0.231 e. The fourth-order valence-corrected chi connectivity index (χ4v) is 2.27. The summed E-state index contributed by atoms with van der Waals surface area (Å²) in [7, 11) is 1.97. The van der Waals surface area contributed by atoms with Crippen LogP contribution in [0.5, 0.6) is 11.5 Å². The van der Waals surface area contributed by atoms with Crippen LogP contribution >= 0.6 is 0 Å². The first-order chi connectivity index (χ1) is 9.36. The zero-order valence-electron chi connectivity index (χ0n) is 10.8. The van der Waals surface area contributed by atoms with Gasteiger partial charge in [-0.2, -0.15) is 0 Å². The van der Waals surface area contributed by atoms with Crippen molar-refractivity contribution < 1.29 is 9.47 Å². The third kappa shape index (κ3) is 2.53. The van der Waals surface area contributed by atoms with E-state index in [4.69, 9.17) is 9.47 Å². The topological polar surface area (TPSA) is 43.4 Å². The molecule has 0 saturated heterocycles. The lowest BCUT2D eigenvalue weighted by molar-refractivity contribution is 0.174. The number of benzene rings is 1. The van der Waals surface area contributed by atoms with Crippen LogP contribution in [0.1, 0.15) is 17.2 Å². The molecule has 98 valence electrons. The quantitative estimate of drug-likeness (QED) is 0.911. The third-order valence-electron chi connectivity index (χ3n) is 3.34. The van der Waals surface area contributed by atoms with Crippen LogP contribution in [0.25, 0.3) is 0 Å². The summed E-state index contributed by atoms with van der Waals surface area (Å²) < 4.78 is 10.8. The van der Waals surface area contributed by atoms with Crippen molar-refractivity contribution in [3.8, 4) is 11.5 Å². The van der Waals surface area contributed by atoms with Gasteiger partial charge in [-0.1, -0.05) is 6.07 Å². The second kappa shape index (κ2) is 5.28. The van der Waals surface area contributed by atoms with Crippen molar-refractivity contribution in [2.75, 3.05) is 13.8 Å². The van der Waals surface area contributed by atoms with Crippen LogP contribution < -0.4 is 14.8 Å². The summed E-state index contributed by atoms with van der Waals surface area (Å²) in [5.74, 6) is 1.65. The summed E-state index contributed by atoms with van der Waals surface area (Å²) in [6.45, 7) is 0.313. The van der Waals surface area contributed by atoms with Crippen molar-refractivity contribution >= 4 is 0 Å². The fourth-order valence-electron chi connectivity index (χ4n) is 2.27. The minimum Gasteiger partial charge on any atom is -0.454 e. The lowest BCUT2D eigenvalue weighted by Crippen LogP contribution is -2.18. The van der Waals surface area contributed by atoms with Gasteiger partial charge in [0.15, 0.2) is 11.5 Å². The first-order valence-corrected chi connectivity index (χ1v) is 6.32. The molecule has 0 radical (unpaired) electrons. The van der Waals surface area contributed by atoms with Gasteiger partial charge in [-0.25, -0.2) is 0 Å². The number of pyridine rings is 1. The van der Waals surface area contributed by atoms with Gasteiger partial charge >= 0.3 is 0 Å². The molecule has 2 aromatic rings. The van der Waals surface area contributed by atoms with Gasteiger partial charge in [0.1, 0.15) is 0 Å². The fraction of sp³-hybridized carbons (Fsp3) is 0.267. The zero-order chi connectivity index (χ0) is 13.1. The Hall–Kier alpha value is -2.07. The van der Waals surface area contributed by atoms with Gasteiger partial charge in [0.2, 0.25) is 6.79 Å². The molecule has 2 heterocycles. The molecule has 0 amide bonds. The van der Waals surface area contributed by atoms with E-state index in [2.05, 4.69) is 16.4 Å². The van der Waals surface area contributed by atoms with Crippen molar-refractivity contribution in [1.29, 1.82) is 0 Å². The van der Waals surface area contributed by atoms with Gasteiger partial charge in [0.25, 0.3) is 0 Å². The summed E-state index contributed by atoms with van der Waals surface area (Å²) in [6.07, 6.45) is 4.56. The van der Waals surface area contributed by atoms with Gasteiger partial charge in [0, 0.05) is 18.4 Å². The highest BCUT2D eigenvalue weighted by molar-refractivity contribution is 5.45. The number of ether oxygens (including phenoxy) is 2. The predicted octanol–water partition coefficient (Wildman–Crippen LogP) is 2.31. The first kappa shape index (κ1) is 12.0. The Labute approximate surface area is 112 Å². The van der Waals surface area contributed by atoms with Crippen molar-refractivity contribution in [3.63, 3.8) is 0 Å². The number of nitrogens with one attached hydrogen (secondary N) is 1. The lowest BCUT2D eigenvalue weighted by atomic mass is 9.99. The molecule has 3 rings (SSSR count). The van der Waals surface area contributed by atoms with Gasteiger partial charge in [-0.15, -0.1) is 0 Å². The Morgan fingerprint density at radius 3 is 2.74 bits per heavy atom. The van der Waals surface area contributed by atoms with Crippen LogP contribution in [0, 0.1) is 0 Å². The van der Waals surface area contributed by atoms with E-state index in [1.807, 2.05) is 43.7 Å². The van der Waals surface area contributed by atoms with E-state index in [0.717, 1.165) is 17.9 Å². The molecule has 0 saturated carbocycles. The molecule has 4 heteroatoms. The number of aromatic nitrogens is 1. The molecule has 1 atom stereocenters. The molecule has 4 nitrogen and oxygen atoms in total. The van der Waals surface area contributed by atoms with E-state index in [9.17, 15) is 0 Å². The third-order valence-corrected chi connectivity index (χ3v) is 3.34. The van der Waals surface area contributed by atoms with Crippen LogP contribution in [0.15, 0.2) is 42.7 Å². The van der Waals surface area contributed by atoms with E-state index in [-0.39, 0.29) is 6.04 Å². The molecule has 0 bridgehead atoms. The molecule has 1 aliphatic rings. The molecule has 1 unspecified atom stereocenters. The number of likely N-dealkylation sites (N-methyl/N-ethyl adjacent to an activating group) is 1. The Morgan fingerprint density at radius 1 is 1.16 bits per heavy atom. The van der Waals surface area contributed by atoms with Crippen molar-refractivity contribution in [3.05, 3.63) is 53.9 Å². The molecule has 0 fully saturated rings. The van der Waals surface area contributed by atoms with Crippen molar-refractivity contribution in [2.24, 2.45) is 0 Å². The van der Waals surface area contributed by atoms with E-state index < -0.39 is 0 Å². The number of nitrogens with zero attached hydrogens (tertiary/aromatic N) is 1. The largest absolute Gasteiger partial charge is 0.454 e. The minimum absolute atomic E-state index is 0.247. The number of hydrogen-bond acceptors (Lipinski definition) is 4. The summed E-state index contributed by atoms with van der Waals surface area (Å²) in [5, 5.41) is 3.34. The molecule has 1 aromatic heterocycles. The minimum atomic E-state index is 0.247. The van der Waals surface area contributed by atoms with Gasteiger partial charge < -0.3 is 14.8 Å². The van der Waals surface area contributed by atoms with Gasteiger partial charge in [-0.05, 0) is 48.9 Å². The van der Waals surface area contributed by atoms with Crippen LogP contribution in [0.3, 0.4) is 0 Å². The second-order valence-corrected chi connectivity index (χ2v) is 4.51. The molecular weight excluding hydrogens is 240 g/mol. The Bertz CT molecular complexity index is 557. The van der Waals surface area contributed by atoms with E-state index in [1.165, 1.54) is 11.1 Å². The van der Waals surface area contributed by atoms with E-state index >= 15 is 0 Å². The summed E-state index contributed by atoms with van der Waals surface area (Å²) in [4.78, 5) is 4.04. The smallest absolute Gasteiger partial charge is 0.231 e. The van der Waals surface area contributed by atoms with Crippen LogP contribution in [-0.2, 0) is 6.42 Å². The molecule has 1 aliphatic heterocycles. The highest BCUT2D eigenvalue weighted by Gasteiger charge is 2.17. The molecule has 1 N–H and O–H groups in total. The van der Waals surface area contributed by atoms with Crippen LogP contribution in [0.2, 0.25) is 0 Å². The zero-order valence-corrected chi connectivity index (χ0v) is 10.8. The highest BCUT2D eigenvalue weighted by atomic mass is 16.7. The van der Waals surface area contributed by atoms with E-state index in [0.29, 0.717) is 6.79 Å². The molecule has 0 spiro atoms.